The molecule has 1 aliphatic heterocycles. The van der Waals surface area contributed by atoms with Gasteiger partial charge in [-0.3, -0.25) is 9.48 Å². The average molecular weight is 280 g/mol. The molecule has 0 aliphatic carbocycles. The first-order valence-corrected chi connectivity index (χ1v) is 7.29. The van der Waals surface area contributed by atoms with Crippen LogP contribution < -0.4 is 10.6 Å². The summed E-state index contributed by atoms with van der Waals surface area (Å²) in [5.74, 6) is -0.163. The van der Waals surface area contributed by atoms with Crippen molar-refractivity contribution in [3.05, 3.63) is 17.5 Å². The van der Waals surface area contributed by atoms with Crippen LogP contribution >= 0.6 is 0 Å². The van der Waals surface area contributed by atoms with Gasteiger partial charge in [-0.15, -0.1) is 0 Å². The van der Waals surface area contributed by atoms with Crippen molar-refractivity contribution in [2.75, 3.05) is 19.6 Å². The highest BCUT2D eigenvalue weighted by Crippen LogP contribution is 2.15. The lowest BCUT2D eigenvalue weighted by Crippen LogP contribution is -2.52. The third-order valence-electron chi connectivity index (χ3n) is 3.81. The number of carbonyl (C=O) groups is 1. The second-order valence-electron chi connectivity index (χ2n) is 5.55. The topological polar surface area (TPSA) is 79.2 Å². The number of piperidine rings is 1. The quantitative estimate of drug-likeness (QED) is 0.731. The zero-order chi connectivity index (χ0) is 14.6. The molecule has 2 rings (SSSR count). The molecule has 0 aromatic carbocycles. The van der Waals surface area contributed by atoms with Gasteiger partial charge < -0.3 is 15.7 Å². The van der Waals surface area contributed by atoms with Crippen LogP contribution in [-0.2, 0) is 6.54 Å². The lowest BCUT2D eigenvalue weighted by atomic mass is 9.94. The Morgan fingerprint density at radius 2 is 2.45 bits per heavy atom. The van der Waals surface area contributed by atoms with Crippen molar-refractivity contribution in [3.63, 3.8) is 0 Å². The molecular formula is C14H24N4O2. The van der Waals surface area contributed by atoms with Gasteiger partial charge in [0.05, 0.1) is 17.4 Å². The first kappa shape index (κ1) is 15.0. The smallest absolute Gasteiger partial charge is 0.254 e. The Morgan fingerprint density at radius 3 is 3.10 bits per heavy atom. The molecule has 0 bridgehead atoms. The van der Waals surface area contributed by atoms with E-state index in [1.807, 2.05) is 11.6 Å². The van der Waals surface area contributed by atoms with Gasteiger partial charge in [0.25, 0.3) is 5.91 Å². The maximum atomic E-state index is 12.2. The van der Waals surface area contributed by atoms with Crippen molar-refractivity contribution in [2.45, 2.75) is 45.3 Å². The van der Waals surface area contributed by atoms with Gasteiger partial charge in [-0.1, -0.05) is 6.92 Å². The fraction of sp³-hybridized carbons (Fsp3) is 0.714. The second-order valence-corrected chi connectivity index (χ2v) is 5.55. The normalized spacial score (nSPS) is 22.8. The largest absolute Gasteiger partial charge is 0.387 e. The van der Waals surface area contributed by atoms with Crippen molar-refractivity contribution in [1.29, 1.82) is 0 Å². The molecule has 1 aliphatic rings. The molecule has 20 heavy (non-hydrogen) atoms. The van der Waals surface area contributed by atoms with Crippen LogP contribution in [0.2, 0.25) is 0 Å². The predicted octanol–water partition coefficient (Wildman–Crippen LogP) is 0.446. The molecule has 1 atom stereocenters. The number of carbonyl (C=O) groups excluding carboxylic acids is 1. The standard InChI is InChI=1S/C14H24N4O2/c1-3-7-18-11(2)12(8-17-18)13(19)16-10-14(20)5-4-6-15-9-14/h8,15,20H,3-7,9-10H2,1-2H3,(H,16,19)/t14-/m0/s1. The van der Waals surface area contributed by atoms with Gasteiger partial charge in [0.2, 0.25) is 0 Å². The van der Waals surface area contributed by atoms with E-state index >= 15 is 0 Å². The van der Waals surface area contributed by atoms with Crippen molar-refractivity contribution in [1.82, 2.24) is 20.4 Å². The number of hydrogen-bond acceptors (Lipinski definition) is 4. The fourth-order valence-electron chi connectivity index (χ4n) is 2.55. The van der Waals surface area contributed by atoms with Crippen molar-refractivity contribution < 1.29 is 9.90 Å². The van der Waals surface area contributed by atoms with Crippen molar-refractivity contribution in [3.8, 4) is 0 Å². The van der Waals surface area contributed by atoms with Gasteiger partial charge in [0.15, 0.2) is 0 Å². The Labute approximate surface area is 119 Å². The predicted molar refractivity (Wildman–Crippen MR) is 76.6 cm³/mol. The summed E-state index contributed by atoms with van der Waals surface area (Å²) in [5, 5.41) is 20.5. The number of amides is 1. The summed E-state index contributed by atoms with van der Waals surface area (Å²) < 4.78 is 1.84. The molecule has 2 heterocycles. The number of aromatic nitrogens is 2. The van der Waals surface area contributed by atoms with E-state index < -0.39 is 5.60 Å². The molecule has 1 fully saturated rings. The van der Waals surface area contributed by atoms with Gasteiger partial charge in [0, 0.05) is 25.3 Å². The minimum absolute atomic E-state index is 0.163. The molecule has 0 radical (unpaired) electrons. The minimum Gasteiger partial charge on any atom is -0.387 e. The third kappa shape index (κ3) is 3.37. The second kappa shape index (κ2) is 6.37. The Balaban J connectivity index is 1.94. The summed E-state index contributed by atoms with van der Waals surface area (Å²) in [6.07, 6.45) is 4.23. The molecule has 1 aromatic heterocycles. The molecule has 1 aromatic rings. The van der Waals surface area contributed by atoms with Crippen LogP contribution in [0.15, 0.2) is 6.20 Å². The van der Waals surface area contributed by atoms with E-state index in [0.717, 1.165) is 31.6 Å². The summed E-state index contributed by atoms with van der Waals surface area (Å²) in [6.45, 7) is 6.52. The van der Waals surface area contributed by atoms with E-state index in [9.17, 15) is 9.90 Å². The van der Waals surface area contributed by atoms with Crippen LogP contribution in [0.4, 0.5) is 0 Å². The van der Waals surface area contributed by atoms with E-state index in [2.05, 4.69) is 22.7 Å². The average Bonchev–Trinajstić information content (AvgIpc) is 2.79. The monoisotopic (exact) mass is 280 g/mol. The van der Waals surface area contributed by atoms with Crippen LogP contribution in [0.25, 0.3) is 0 Å². The van der Waals surface area contributed by atoms with Crippen LogP contribution in [0.3, 0.4) is 0 Å². The van der Waals surface area contributed by atoms with E-state index in [1.54, 1.807) is 6.20 Å². The highest BCUT2D eigenvalue weighted by molar-refractivity contribution is 5.95. The summed E-state index contributed by atoms with van der Waals surface area (Å²) >= 11 is 0. The van der Waals surface area contributed by atoms with E-state index in [4.69, 9.17) is 0 Å². The number of aliphatic hydroxyl groups is 1. The van der Waals surface area contributed by atoms with Gasteiger partial charge in [-0.05, 0) is 32.7 Å². The van der Waals surface area contributed by atoms with Gasteiger partial charge >= 0.3 is 0 Å². The number of nitrogens with one attached hydrogen (secondary N) is 2. The molecule has 6 nitrogen and oxygen atoms in total. The lowest BCUT2D eigenvalue weighted by molar-refractivity contribution is 0.0170. The Bertz CT molecular complexity index is 464. The van der Waals surface area contributed by atoms with E-state index in [1.165, 1.54) is 0 Å². The molecule has 0 spiro atoms. The number of rotatable bonds is 5. The number of hydrogen-bond donors (Lipinski definition) is 3. The Morgan fingerprint density at radius 1 is 1.65 bits per heavy atom. The molecular weight excluding hydrogens is 256 g/mol. The zero-order valence-electron chi connectivity index (χ0n) is 12.3. The SMILES string of the molecule is CCCn1ncc(C(=O)NC[C@]2(O)CCCNC2)c1C. The molecule has 1 saturated heterocycles. The van der Waals surface area contributed by atoms with Crippen LogP contribution in [0.1, 0.15) is 42.2 Å². The van der Waals surface area contributed by atoms with Crippen LogP contribution in [0.5, 0.6) is 0 Å². The maximum absolute atomic E-state index is 12.2. The molecule has 0 unspecified atom stereocenters. The Kier molecular flexibility index (Phi) is 4.77. The first-order chi connectivity index (χ1) is 9.56. The van der Waals surface area contributed by atoms with Gasteiger partial charge in [-0.25, -0.2) is 0 Å². The third-order valence-corrected chi connectivity index (χ3v) is 3.81. The summed E-state index contributed by atoms with van der Waals surface area (Å²) in [7, 11) is 0. The minimum atomic E-state index is -0.832. The van der Waals surface area contributed by atoms with Crippen molar-refractivity contribution >= 4 is 5.91 Å². The van der Waals surface area contributed by atoms with Crippen LogP contribution in [0, 0.1) is 6.92 Å². The highest BCUT2D eigenvalue weighted by Gasteiger charge is 2.29. The summed E-state index contributed by atoms with van der Waals surface area (Å²) in [5.41, 5.74) is 0.630. The molecule has 3 N–H and O–H groups in total. The Hall–Kier alpha value is -1.40. The fourth-order valence-corrected chi connectivity index (χ4v) is 2.55. The van der Waals surface area contributed by atoms with E-state index in [0.29, 0.717) is 18.5 Å². The number of aryl methyl sites for hydroxylation is 1. The molecule has 0 saturated carbocycles. The first-order valence-electron chi connectivity index (χ1n) is 7.29. The molecule has 112 valence electrons. The molecule has 6 heteroatoms. The van der Waals surface area contributed by atoms with E-state index in [-0.39, 0.29) is 12.5 Å². The zero-order valence-corrected chi connectivity index (χ0v) is 12.3. The van der Waals surface area contributed by atoms with Gasteiger partial charge in [0.1, 0.15) is 0 Å². The number of β-amino-alcohol motifs (C(OH)–C–C–N with tert-alkyl or cyclic N) is 1. The molecule has 1 amide bonds. The van der Waals surface area contributed by atoms with Crippen LogP contribution in [-0.4, -0.2) is 46.0 Å². The van der Waals surface area contributed by atoms with Crippen molar-refractivity contribution in [2.24, 2.45) is 0 Å². The number of nitrogens with zero attached hydrogens (tertiary/aromatic N) is 2. The summed E-state index contributed by atoms with van der Waals surface area (Å²) in [6, 6.07) is 0. The highest BCUT2D eigenvalue weighted by atomic mass is 16.3. The maximum Gasteiger partial charge on any atom is 0.254 e. The summed E-state index contributed by atoms with van der Waals surface area (Å²) in [4.78, 5) is 12.2. The lowest BCUT2D eigenvalue weighted by Gasteiger charge is -2.32. The van der Waals surface area contributed by atoms with Gasteiger partial charge in [-0.2, -0.15) is 5.10 Å².